The standard InChI is InChI=1S/C13H10ClN3O/c1-18-17-7-10(9-4-2-3-5-12(9)17)11-6-13(14)16-8-15-11/h2-8H,1H3. The number of hydrogen-bond acceptors (Lipinski definition) is 3. The lowest BCUT2D eigenvalue weighted by Gasteiger charge is -1.99. The highest BCUT2D eigenvalue weighted by Crippen LogP contribution is 2.29. The Hall–Kier alpha value is -2.07. The van der Waals surface area contributed by atoms with Crippen molar-refractivity contribution in [3.8, 4) is 11.3 Å². The number of para-hydroxylation sites is 1. The van der Waals surface area contributed by atoms with Gasteiger partial charge in [0.1, 0.15) is 18.6 Å². The average molecular weight is 260 g/mol. The molecule has 1 aromatic carbocycles. The minimum Gasteiger partial charge on any atom is -0.417 e. The Bertz CT molecular complexity index is 708. The van der Waals surface area contributed by atoms with E-state index in [1.807, 2.05) is 30.5 Å². The van der Waals surface area contributed by atoms with E-state index in [4.69, 9.17) is 16.4 Å². The van der Waals surface area contributed by atoms with Crippen LogP contribution in [0.1, 0.15) is 0 Å². The minimum absolute atomic E-state index is 0.425. The predicted molar refractivity (Wildman–Crippen MR) is 70.5 cm³/mol. The van der Waals surface area contributed by atoms with Crippen LogP contribution in [0.3, 0.4) is 0 Å². The molecular weight excluding hydrogens is 250 g/mol. The Kier molecular flexibility index (Phi) is 2.64. The summed E-state index contributed by atoms with van der Waals surface area (Å²) in [4.78, 5) is 13.4. The Balaban J connectivity index is 2.29. The summed E-state index contributed by atoms with van der Waals surface area (Å²) >= 11 is 5.90. The molecule has 0 radical (unpaired) electrons. The lowest BCUT2D eigenvalue weighted by molar-refractivity contribution is 0.179. The van der Waals surface area contributed by atoms with Gasteiger partial charge in [-0.2, -0.15) is 4.73 Å². The van der Waals surface area contributed by atoms with Gasteiger partial charge in [-0.25, -0.2) is 9.97 Å². The van der Waals surface area contributed by atoms with Crippen LogP contribution in [0.5, 0.6) is 0 Å². The van der Waals surface area contributed by atoms with Crippen molar-refractivity contribution in [3.05, 3.63) is 48.0 Å². The topological polar surface area (TPSA) is 39.9 Å². The first-order chi connectivity index (χ1) is 8.79. The number of fused-ring (bicyclic) bond motifs is 1. The van der Waals surface area contributed by atoms with Crippen LogP contribution in [0.4, 0.5) is 0 Å². The maximum atomic E-state index is 5.90. The highest BCUT2D eigenvalue weighted by Gasteiger charge is 2.11. The van der Waals surface area contributed by atoms with Crippen molar-refractivity contribution >= 4 is 22.5 Å². The summed E-state index contributed by atoms with van der Waals surface area (Å²) in [7, 11) is 1.63. The number of halogens is 1. The molecule has 0 saturated heterocycles. The normalized spacial score (nSPS) is 10.8. The smallest absolute Gasteiger partial charge is 0.133 e. The second kappa shape index (κ2) is 4.31. The summed E-state index contributed by atoms with van der Waals surface area (Å²) in [6.45, 7) is 0. The molecule has 0 saturated carbocycles. The van der Waals surface area contributed by atoms with Crippen LogP contribution in [-0.4, -0.2) is 21.8 Å². The summed E-state index contributed by atoms with van der Waals surface area (Å²) in [6.07, 6.45) is 3.35. The molecule has 18 heavy (non-hydrogen) atoms. The molecular formula is C13H10ClN3O. The fourth-order valence-electron chi connectivity index (χ4n) is 1.99. The van der Waals surface area contributed by atoms with Crippen LogP contribution in [-0.2, 0) is 0 Å². The maximum absolute atomic E-state index is 5.90. The third kappa shape index (κ3) is 1.71. The zero-order valence-corrected chi connectivity index (χ0v) is 10.4. The lowest BCUT2D eigenvalue weighted by Crippen LogP contribution is -2.02. The van der Waals surface area contributed by atoms with Gasteiger partial charge in [-0.15, -0.1) is 0 Å². The molecule has 90 valence electrons. The van der Waals surface area contributed by atoms with Gasteiger partial charge in [-0.3, -0.25) is 0 Å². The van der Waals surface area contributed by atoms with E-state index in [9.17, 15) is 0 Å². The number of aromatic nitrogens is 3. The quantitative estimate of drug-likeness (QED) is 0.665. The van der Waals surface area contributed by atoms with Gasteiger partial charge in [0.15, 0.2) is 0 Å². The van der Waals surface area contributed by atoms with Gasteiger partial charge >= 0.3 is 0 Å². The van der Waals surface area contributed by atoms with Crippen LogP contribution in [0.25, 0.3) is 22.2 Å². The first-order valence-electron chi connectivity index (χ1n) is 5.42. The summed E-state index contributed by atoms with van der Waals surface area (Å²) in [5.74, 6) is 0. The fourth-order valence-corrected chi connectivity index (χ4v) is 2.13. The van der Waals surface area contributed by atoms with E-state index in [1.54, 1.807) is 17.9 Å². The fraction of sp³-hybridized carbons (Fsp3) is 0.0769. The molecule has 0 aliphatic heterocycles. The first kappa shape index (κ1) is 11.0. The average Bonchev–Trinajstić information content (AvgIpc) is 2.77. The molecule has 0 atom stereocenters. The van der Waals surface area contributed by atoms with Gasteiger partial charge in [0.05, 0.1) is 17.4 Å². The van der Waals surface area contributed by atoms with Gasteiger partial charge in [0, 0.05) is 17.0 Å². The van der Waals surface area contributed by atoms with Crippen LogP contribution in [0, 0.1) is 0 Å². The number of hydrogen-bond donors (Lipinski definition) is 0. The zero-order valence-electron chi connectivity index (χ0n) is 9.67. The molecule has 5 heteroatoms. The van der Waals surface area contributed by atoms with E-state index in [0.29, 0.717) is 5.15 Å². The van der Waals surface area contributed by atoms with Gasteiger partial charge in [-0.05, 0) is 6.07 Å². The zero-order chi connectivity index (χ0) is 12.5. The van der Waals surface area contributed by atoms with Crippen molar-refractivity contribution in [2.75, 3.05) is 7.11 Å². The van der Waals surface area contributed by atoms with Crippen molar-refractivity contribution in [1.29, 1.82) is 0 Å². The van der Waals surface area contributed by atoms with E-state index in [1.165, 1.54) is 6.33 Å². The predicted octanol–water partition coefficient (Wildman–Crippen LogP) is 2.81. The second-order valence-electron chi connectivity index (χ2n) is 3.79. The van der Waals surface area contributed by atoms with Crippen LogP contribution < -0.4 is 4.84 Å². The molecule has 0 N–H and O–H groups in total. The Morgan fingerprint density at radius 3 is 2.83 bits per heavy atom. The monoisotopic (exact) mass is 259 g/mol. The highest BCUT2D eigenvalue weighted by atomic mass is 35.5. The second-order valence-corrected chi connectivity index (χ2v) is 4.18. The van der Waals surface area contributed by atoms with Crippen molar-refractivity contribution in [2.24, 2.45) is 0 Å². The summed E-state index contributed by atoms with van der Waals surface area (Å²) < 4.78 is 1.71. The van der Waals surface area contributed by atoms with Crippen LogP contribution in [0.15, 0.2) is 42.9 Å². The van der Waals surface area contributed by atoms with Crippen LogP contribution in [0.2, 0.25) is 5.15 Å². The molecule has 0 unspecified atom stereocenters. The number of rotatable bonds is 2. The number of benzene rings is 1. The molecule has 2 aromatic heterocycles. The summed E-state index contributed by atoms with van der Waals surface area (Å²) in [5.41, 5.74) is 2.74. The highest BCUT2D eigenvalue weighted by molar-refractivity contribution is 6.29. The molecule has 0 aliphatic carbocycles. The van der Waals surface area contributed by atoms with Crippen molar-refractivity contribution in [2.45, 2.75) is 0 Å². The molecule has 0 amide bonds. The molecule has 4 nitrogen and oxygen atoms in total. The van der Waals surface area contributed by atoms with Crippen LogP contribution >= 0.6 is 11.6 Å². The van der Waals surface area contributed by atoms with E-state index in [-0.39, 0.29) is 0 Å². The lowest BCUT2D eigenvalue weighted by atomic mass is 10.1. The first-order valence-corrected chi connectivity index (χ1v) is 5.80. The van der Waals surface area contributed by atoms with E-state index < -0.39 is 0 Å². The molecule has 2 heterocycles. The van der Waals surface area contributed by atoms with Gasteiger partial charge in [0.25, 0.3) is 0 Å². The van der Waals surface area contributed by atoms with Gasteiger partial charge < -0.3 is 4.84 Å². The summed E-state index contributed by atoms with van der Waals surface area (Å²) in [6, 6.07) is 9.70. The molecule has 0 spiro atoms. The number of nitrogens with zero attached hydrogens (tertiary/aromatic N) is 3. The molecule has 0 bridgehead atoms. The SMILES string of the molecule is COn1cc(-c2cc(Cl)ncn2)c2ccccc21. The van der Waals surface area contributed by atoms with E-state index in [0.717, 1.165) is 22.2 Å². The maximum Gasteiger partial charge on any atom is 0.133 e. The Labute approximate surface area is 109 Å². The van der Waals surface area contributed by atoms with E-state index >= 15 is 0 Å². The van der Waals surface area contributed by atoms with E-state index in [2.05, 4.69) is 9.97 Å². The largest absolute Gasteiger partial charge is 0.417 e. The van der Waals surface area contributed by atoms with Crippen molar-refractivity contribution in [1.82, 2.24) is 14.7 Å². The molecule has 0 aliphatic rings. The summed E-state index contributed by atoms with van der Waals surface area (Å²) in [5, 5.41) is 1.49. The molecule has 0 fully saturated rings. The molecule has 3 aromatic rings. The minimum atomic E-state index is 0.425. The van der Waals surface area contributed by atoms with Crippen molar-refractivity contribution in [3.63, 3.8) is 0 Å². The third-order valence-electron chi connectivity index (χ3n) is 2.78. The molecule has 3 rings (SSSR count). The Morgan fingerprint density at radius 1 is 1.22 bits per heavy atom. The van der Waals surface area contributed by atoms with Gasteiger partial charge in [0.2, 0.25) is 0 Å². The van der Waals surface area contributed by atoms with Gasteiger partial charge in [-0.1, -0.05) is 29.8 Å². The third-order valence-corrected chi connectivity index (χ3v) is 2.99. The Morgan fingerprint density at radius 2 is 2.06 bits per heavy atom. The van der Waals surface area contributed by atoms with Crippen molar-refractivity contribution < 1.29 is 4.84 Å².